The van der Waals surface area contributed by atoms with Crippen LogP contribution >= 0.6 is 0 Å². The van der Waals surface area contributed by atoms with Gasteiger partial charge in [-0.3, -0.25) is 0 Å². The number of hydrogen-bond acceptors (Lipinski definition) is 4. The van der Waals surface area contributed by atoms with Crippen molar-refractivity contribution in [3.05, 3.63) is 84.6 Å². The lowest BCUT2D eigenvalue weighted by atomic mass is 10.2. The van der Waals surface area contributed by atoms with E-state index in [4.69, 9.17) is 4.74 Å². The van der Waals surface area contributed by atoms with Crippen LogP contribution in [0.15, 0.2) is 73.3 Å². The van der Waals surface area contributed by atoms with E-state index in [0.29, 0.717) is 24.4 Å². The molecule has 0 bridgehead atoms. The van der Waals surface area contributed by atoms with Gasteiger partial charge in [-0.15, -0.1) is 0 Å². The maximum atomic E-state index is 5.58. The zero-order chi connectivity index (χ0) is 17.6. The molecule has 0 atom stereocenters. The zero-order valence-corrected chi connectivity index (χ0v) is 14.0. The standard InChI is InChI=1S/C21H16N4O/c1-3-8-17(9-4-1)14-25-16-24-20-19(22-15-23-21(20)25)12-7-13-26-18-10-5-2-6-11-18/h1-6,8-11,15-16H,13-14H2. The lowest BCUT2D eigenvalue weighted by molar-refractivity contribution is 0.370. The third-order valence-electron chi connectivity index (χ3n) is 3.86. The van der Waals surface area contributed by atoms with Gasteiger partial charge in [0.1, 0.15) is 29.9 Å². The molecule has 0 saturated heterocycles. The fourth-order valence-corrected chi connectivity index (χ4v) is 2.62. The summed E-state index contributed by atoms with van der Waals surface area (Å²) in [6.07, 6.45) is 3.30. The average Bonchev–Trinajstić information content (AvgIpc) is 3.10. The minimum absolute atomic E-state index is 0.292. The van der Waals surface area contributed by atoms with E-state index in [9.17, 15) is 0 Å². The Labute approximate surface area is 151 Å². The van der Waals surface area contributed by atoms with Crippen molar-refractivity contribution in [3.63, 3.8) is 0 Å². The quantitative estimate of drug-likeness (QED) is 0.535. The molecule has 0 spiro atoms. The summed E-state index contributed by atoms with van der Waals surface area (Å²) in [5, 5.41) is 0. The predicted octanol–water partition coefficient (Wildman–Crippen LogP) is 3.31. The van der Waals surface area contributed by atoms with Gasteiger partial charge in [-0.25, -0.2) is 15.0 Å². The van der Waals surface area contributed by atoms with E-state index in [1.807, 2.05) is 53.1 Å². The van der Waals surface area contributed by atoms with E-state index >= 15 is 0 Å². The second kappa shape index (κ2) is 7.49. The van der Waals surface area contributed by atoms with Gasteiger partial charge < -0.3 is 9.30 Å². The Hall–Kier alpha value is -3.65. The maximum Gasteiger partial charge on any atom is 0.164 e. The second-order valence-electron chi connectivity index (χ2n) is 5.66. The molecule has 4 rings (SSSR count). The molecule has 4 aromatic rings. The molecule has 26 heavy (non-hydrogen) atoms. The molecule has 0 saturated carbocycles. The number of imidazole rings is 1. The fourth-order valence-electron chi connectivity index (χ4n) is 2.62. The van der Waals surface area contributed by atoms with Gasteiger partial charge in [0.05, 0.1) is 12.9 Å². The van der Waals surface area contributed by atoms with E-state index < -0.39 is 0 Å². The fraction of sp³-hybridized carbons (Fsp3) is 0.0952. The molecule has 5 nitrogen and oxygen atoms in total. The van der Waals surface area contributed by atoms with Crippen LogP contribution in [0.1, 0.15) is 11.3 Å². The van der Waals surface area contributed by atoms with Gasteiger partial charge in [-0.2, -0.15) is 0 Å². The number of rotatable bonds is 4. The van der Waals surface area contributed by atoms with Crippen molar-refractivity contribution in [3.8, 4) is 17.6 Å². The monoisotopic (exact) mass is 340 g/mol. The molecule has 2 aromatic carbocycles. The number of hydrogen-bond donors (Lipinski definition) is 0. The summed E-state index contributed by atoms with van der Waals surface area (Å²) in [5.41, 5.74) is 3.28. The van der Waals surface area contributed by atoms with Crippen molar-refractivity contribution in [2.45, 2.75) is 6.54 Å². The molecule has 0 amide bonds. The number of fused-ring (bicyclic) bond motifs is 1. The smallest absolute Gasteiger partial charge is 0.164 e. The van der Waals surface area contributed by atoms with Gasteiger partial charge in [0, 0.05) is 0 Å². The van der Waals surface area contributed by atoms with Crippen molar-refractivity contribution >= 4 is 11.2 Å². The molecule has 0 radical (unpaired) electrons. The summed E-state index contributed by atoms with van der Waals surface area (Å²) >= 11 is 0. The first kappa shape index (κ1) is 15.9. The molecular weight excluding hydrogens is 324 g/mol. The Bertz CT molecular complexity index is 1060. The number of nitrogens with zero attached hydrogens (tertiary/aromatic N) is 4. The number of ether oxygens (including phenoxy) is 1. The van der Waals surface area contributed by atoms with Crippen molar-refractivity contribution in [1.82, 2.24) is 19.5 Å². The van der Waals surface area contributed by atoms with Crippen LogP contribution in [0, 0.1) is 11.8 Å². The van der Waals surface area contributed by atoms with Crippen LogP contribution in [-0.2, 0) is 6.54 Å². The molecule has 0 aliphatic carbocycles. The summed E-state index contributed by atoms with van der Waals surface area (Å²) in [6.45, 7) is 0.999. The summed E-state index contributed by atoms with van der Waals surface area (Å²) < 4.78 is 7.58. The Kier molecular flexibility index (Phi) is 4.57. The highest BCUT2D eigenvalue weighted by atomic mass is 16.5. The van der Waals surface area contributed by atoms with Crippen LogP contribution in [0.2, 0.25) is 0 Å². The van der Waals surface area contributed by atoms with Crippen LogP contribution in [0.4, 0.5) is 0 Å². The summed E-state index contributed by atoms with van der Waals surface area (Å²) in [5.74, 6) is 6.82. The minimum Gasteiger partial charge on any atom is -0.481 e. The Morgan fingerprint density at radius 2 is 1.65 bits per heavy atom. The van der Waals surface area contributed by atoms with Gasteiger partial charge in [-0.05, 0) is 23.6 Å². The first-order chi connectivity index (χ1) is 12.9. The lowest BCUT2D eigenvalue weighted by Crippen LogP contribution is -2.00. The van der Waals surface area contributed by atoms with Gasteiger partial charge in [0.15, 0.2) is 5.65 Å². The Balaban J connectivity index is 1.53. The van der Waals surface area contributed by atoms with Gasteiger partial charge >= 0.3 is 0 Å². The van der Waals surface area contributed by atoms with E-state index in [2.05, 4.69) is 38.9 Å². The molecule has 0 aliphatic heterocycles. The van der Waals surface area contributed by atoms with Crippen LogP contribution < -0.4 is 4.74 Å². The molecule has 0 N–H and O–H groups in total. The van der Waals surface area contributed by atoms with Crippen LogP contribution in [0.25, 0.3) is 11.2 Å². The molecule has 2 heterocycles. The summed E-state index contributed by atoms with van der Waals surface area (Å²) in [7, 11) is 0. The SMILES string of the molecule is C(#Cc1ncnc2c1ncn2Cc1ccccc1)COc1ccccc1. The molecule has 0 aliphatic rings. The van der Waals surface area contributed by atoms with Crippen molar-refractivity contribution < 1.29 is 4.74 Å². The maximum absolute atomic E-state index is 5.58. The molecule has 126 valence electrons. The summed E-state index contributed by atoms with van der Waals surface area (Å²) in [6, 6.07) is 19.8. The van der Waals surface area contributed by atoms with Crippen molar-refractivity contribution in [2.24, 2.45) is 0 Å². The van der Waals surface area contributed by atoms with Gasteiger partial charge in [0.25, 0.3) is 0 Å². The van der Waals surface area contributed by atoms with E-state index in [1.165, 1.54) is 11.9 Å². The molecule has 0 unspecified atom stereocenters. The highest BCUT2D eigenvalue weighted by Gasteiger charge is 2.08. The molecule has 0 fully saturated rings. The topological polar surface area (TPSA) is 52.8 Å². The molecule has 2 aromatic heterocycles. The zero-order valence-electron chi connectivity index (χ0n) is 14.0. The first-order valence-corrected chi connectivity index (χ1v) is 8.26. The van der Waals surface area contributed by atoms with Crippen LogP contribution in [0.3, 0.4) is 0 Å². The number of aromatic nitrogens is 4. The average molecular weight is 340 g/mol. The second-order valence-corrected chi connectivity index (χ2v) is 5.66. The van der Waals surface area contributed by atoms with E-state index in [0.717, 1.165) is 11.4 Å². The van der Waals surface area contributed by atoms with E-state index in [-0.39, 0.29) is 0 Å². The van der Waals surface area contributed by atoms with E-state index in [1.54, 1.807) is 6.33 Å². The van der Waals surface area contributed by atoms with Crippen molar-refractivity contribution in [1.29, 1.82) is 0 Å². The minimum atomic E-state index is 0.292. The third kappa shape index (κ3) is 3.55. The highest BCUT2D eigenvalue weighted by Crippen LogP contribution is 2.14. The first-order valence-electron chi connectivity index (χ1n) is 8.26. The highest BCUT2D eigenvalue weighted by molar-refractivity contribution is 5.76. The Morgan fingerprint density at radius 1 is 0.885 bits per heavy atom. The lowest BCUT2D eigenvalue weighted by Gasteiger charge is -2.03. The number of benzene rings is 2. The third-order valence-corrected chi connectivity index (χ3v) is 3.86. The van der Waals surface area contributed by atoms with Crippen LogP contribution in [0.5, 0.6) is 5.75 Å². The van der Waals surface area contributed by atoms with Gasteiger partial charge in [-0.1, -0.05) is 54.5 Å². The summed E-state index contributed by atoms with van der Waals surface area (Å²) in [4.78, 5) is 13.1. The predicted molar refractivity (Wildman–Crippen MR) is 99.7 cm³/mol. The Morgan fingerprint density at radius 3 is 2.46 bits per heavy atom. The molecular formula is C21H16N4O. The van der Waals surface area contributed by atoms with Crippen LogP contribution in [-0.4, -0.2) is 26.1 Å². The molecule has 5 heteroatoms. The normalized spacial score (nSPS) is 10.3. The van der Waals surface area contributed by atoms with Crippen molar-refractivity contribution in [2.75, 3.05) is 6.61 Å². The van der Waals surface area contributed by atoms with Gasteiger partial charge in [0.2, 0.25) is 0 Å². The largest absolute Gasteiger partial charge is 0.481 e. The number of para-hydroxylation sites is 1.